The Labute approximate surface area is 145 Å². The molecule has 9 heteroatoms. The van der Waals surface area contributed by atoms with Crippen LogP contribution >= 0.6 is 11.3 Å². The molecule has 0 aliphatic carbocycles. The molecule has 0 saturated carbocycles. The van der Waals surface area contributed by atoms with Crippen molar-refractivity contribution in [2.45, 2.75) is 31.8 Å². The fourth-order valence-corrected chi connectivity index (χ4v) is 2.97. The Bertz CT molecular complexity index is 578. The van der Waals surface area contributed by atoms with Crippen LogP contribution in [0.25, 0.3) is 0 Å². The van der Waals surface area contributed by atoms with Gasteiger partial charge in [-0.1, -0.05) is 23.4 Å². The summed E-state index contributed by atoms with van der Waals surface area (Å²) in [6.07, 6.45) is 3.23. The van der Waals surface area contributed by atoms with E-state index in [2.05, 4.69) is 10.5 Å². The molecule has 3 N–H and O–H groups in total. The van der Waals surface area contributed by atoms with Gasteiger partial charge in [-0.3, -0.25) is 4.79 Å². The lowest BCUT2D eigenvalue weighted by Gasteiger charge is -2.20. The molecule has 130 valence electrons. The summed E-state index contributed by atoms with van der Waals surface area (Å²) in [5.74, 6) is -1.32. The first kappa shape index (κ1) is 18.7. The summed E-state index contributed by atoms with van der Waals surface area (Å²) >= 11 is 1.56. The van der Waals surface area contributed by atoms with Gasteiger partial charge in [0.2, 0.25) is 0 Å². The van der Waals surface area contributed by atoms with Gasteiger partial charge in [-0.05, 0) is 24.8 Å². The molecule has 2 atom stereocenters. The standard InChI is InChI=1S/C15H21BN2O5S/c1-2-22-18-12(13-6-4-8-24-13)10-17-14-7-3-5-11(9-15(19)20)23-16(14)21/h3-6,8,11,14,17,21H,2,7,9-10H2,1H3,(H,19,20)/b18-12+/t11-,14+/m1/s1. The number of carbonyl (C=O) groups is 1. The molecular formula is C15H21BN2O5S. The highest BCUT2D eigenvalue weighted by molar-refractivity contribution is 7.12. The molecule has 2 heterocycles. The second-order valence-corrected chi connectivity index (χ2v) is 6.19. The maximum absolute atomic E-state index is 10.8. The molecule has 0 bridgehead atoms. The fourth-order valence-electron chi connectivity index (χ4n) is 2.26. The van der Waals surface area contributed by atoms with Crippen molar-refractivity contribution in [3.05, 3.63) is 34.5 Å². The number of aliphatic carboxylic acids is 1. The number of hydrogen-bond acceptors (Lipinski definition) is 7. The third-order valence-corrected chi connectivity index (χ3v) is 4.33. The smallest absolute Gasteiger partial charge is 0.473 e. The highest BCUT2D eigenvalue weighted by atomic mass is 32.1. The predicted octanol–water partition coefficient (Wildman–Crippen LogP) is 1.29. The van der Waals surface area contributed by atoms with Gasteiger partial charge in [-0.2, -0.15) is 0 Å². The number of carboxylic acid groups (broad SMARTS) is 1. The van der Waals surface area contributed by atoms with E-state index in [0.29, 0.717) is 19.6 Å². The zero-order chi connectivity index (χ0) is 17.4. The van der Waals surface area contributed by atoms with E-state index < -0.39 is 19.2 Å². The number of thiophene rings is 1. The van der Waals surface area contributed by atoms with Crippen LogP contribution < -0.4 is 5.32 Å². The predicted molar refractivity (Wildman–Crippen MR) is 93.1 cm³/mol. The van der Waals surface area contributed by atoms with E-state index in [1.54, 1.807) is 17.4 Å². The zero-order valence-electron chi connectivity index (χ0n) is 13.4. The highest BCUT2D eigenvalue weighted by Gasteiger charge is 2.31. The second-order valence-electron chi connectivity index (χ2n) is 5.25. The molecule has 1 aliphatic heterocycles. The van der Waals surface area contributed by atoms with Crippen molar-refractivity contribution < 1.29 is 24.4 Å². The van der Waals surface area contributed by atoms with Crippen molar-refractivity contribution in [1.82, 2.24) is 5.32 Å². The molecule has 0 fully saturated rings. The van der Waals surface area contributed by atoms with Crippen LogP contribution in [0.2, 0.25) is 0 Å². The van der Waals surface area contributed by atoms with Gasteiger partial charge in [-0.15, -0.1) is 11.3 Å². The van der Waals surface area contributed by atoms with Crippen molar-refractivity contribution in [3.63, 3.8) is 0 Å². The normalized spacial score (nSPS) is 21.6. The van der Waals surface area contributed by atoms with Crippen LogP contribution in [0.4, 0.5) is 0 Å². The SMILES string of the molecule is CCO/N=C(\CN[C@H]1CC=C[C@H](CC(=O)O)OB1O)c1cccs1. The number of carboxylic acids is 1. The lowest BCUT2D eigenvalue weighted by Crippen LogP contribution is -2.47. The summed E-state index contributed by atoms with van der Waals surface area (Å²) in [4.78, 5) is 16.9. The number of nitrogens with one attached hydrogen (secondary N) is 1. The van der Waals surface area contributed by atoms with Crippen molar-refractivity contribution in [2.75, 3.05) is 13.2 Å². The number of oxime groups is 1. The van der Waals surface area contributed by atoms with E-state index in [1.165, 1.54) is 0 Å². The second kappa shape index (κ2) is 9.58. The Morgan fingerprint density at radius 1 is 1.62 bits per heavy atom. The average molecular weight is 352 g/mol. The van der Waals surface area contributed by atoms with Crippen molar-refractivity contribution in [1.29, 1.82) is 0 Å². The van der Waals surface area contributed by atoms with Gasteiger partial charge in [-0.25, -0.2) is 0 Å². The molecule has 0 amide bonds. The molecule has 0 unspecified atom stereocenters. The molecule has 1 aromatic heterocycles. The van der Waals surface area contributed by atoms with Gasteiger partial charge in [0.25, 0.3) is 0 Å². The largest absolute Gasteiger partial charge is 0.481 e. The third-order valence-electron chi connectivity index (χ3n) is 3.42. The van der Waals surface area contributed by atoms with Gasteiger partial charge in [0.1, 0.15) is 12.3 Å². The average Bonchev–Trinajstić information content (AvgIpc) is 3.00. The topological polar surface area (TPSA) is 100 Å². The zero-order valence-corrected chi connectivity index (χ0v) is 14.2. The monoisotopic (exact) mass is 352 g/mol. The van der Waals surface area contributed by atoms with Gasteiger partial charge >= 0.3 is 13.1 Å². The summed E-state index contributed by atoms with van der Waals surface area (Å²) in [6.45, 7) is 2.74. The Hall–Kier alpha value is -1.68. The molecule has 7 nitrogen and oxygen atoms in total. The maximum Gasteiger partial charge on any atom is 0.473 e. The molecule has 1 aromatic rings. The lowest BCUT2D eigenvalue weighted by atomic mass is 9.77. The van der Waals surface area contributed by atoms with Crippen LogP contribution in [0.15, 0.2) is 34.8 Å². The quantitative estimate of drug-likeness (QED) is 0.282. The van der Waals surface area contributed by atoms with Gasteiger partial charge in [0.05, 0.1) is 17.4 Å². The maximum atomic E-state index is 10.8. The van der Waals surface area contributed by atoms with Crippen LogP contribution in [-0.4, -0.2) is 54.1 Å². The lowest BCUT2D eigenvalue weighted by molar-refractivity contribution is -0.138. The minimum Gasteiger partial charge on any atom is -0.481 e. The summed E-state index contributed by atoms with van der Waals surface area (Å²) in [6, 6.07) is 3.89. The van der Waals surface area contributed by atoms with Gasteiger partial charge in [0.15, 0.2) is 0 Å². The summed E-state index contributed by atoms with van der Waals surface area (Å²) in [5.41, 5.74) is 0.745. The number of hydrogen-bond donors (Lipinski definition) is 3. The first-order valence-corrected chi connectivity index (χ1v) is 8.66. The minimum absolute atomic E-state index is 0.174. The van der Waals surface area contributed by atoms with Gasteiger partial charge < -0.3 is 24.9 Å². The highest BCUT2D eigenvalue weighted by Crippen LogP contribution is 2.14. The van der Waals surface area contributed by atoms with Crippen molar-refractivity contribution >= 4 is 30.1 Å². The van der Waals surface area contributed by atoms with Crippen molar-refractivity contribution in [2.24, 2.45) is 5.16 Å². The van der Waals surface area contributed by atoms with E-state index >= 15 is 0 Å². The molecular weight excluding hydrogens is 331 g/mol. The fraction of sp³-hybridized carbons (Fsp3) is 0.467. The third kappa shape index (κ3) is 5.75. The Morgan fingerprint density at radius 2 is 2.46 bits per heavy atom. The molecule has 0 saturated heterocycles. The Morgan fingerprint density at radius 3 is 3.12 bits per heavy atom. The van der Waals surface area contributed by atoms with Crippen LogP contribution in [-0.2, 0) is 14.3 Å². The molecule has 2 rings (SSSR count). The van der Waals surface area contributed by atoms with Crippen LogP contribution in [0.3, 0.4) is 0 Å². The molecule has 0 spiro atoms. The van der Waals surface area contributed by atoms with Crippen LogP contribution in [0.5, 0.6) is 0 Å². The van der Waals surface area contributed by atoms with E-state index in [0.717, 1.165) is 10.6 Å². The molecule has 1 aliphatic rings. The van der Waals surface area contributed by atoms with Gasteiger partial charge in [0, 0.05) is 12.5 Å². The summed E-state index contributed by atoms with van der Waals surface area (Å²) < 4.78 is 5.40. The van der Waals surface area contributed by atoms with E-state index in [4.69, 9.17) is 14.6 Å². The first-order chi connectivity index (χ1) is 11.6. The van der Waals surface area contributed by atoms with E-state index in [-0.39, 0.29) is 12.4 Å². The van der Waals surface area contributed by atoms with Crippen LogP contribution in [0, 0.1) is 0 Å². The Kier molecular flexibility index (Phi) is 7.45. The minimum atomic E-state index is -1.10. The first-order valence-electron chi connectivity index (χ1n) is 7.78. The molecule has 0 radical (unpaired) electrons. The molecule has 0 aromatic carbocycles. The van der Waals surface area contributed by atoms with Crippen molar-refractivity contribution in [3.8, 4) is 0 Å². The summed E-state index contributed by atoms with van der Waals surface area (Å²) in [5, 5.41) is 28.3. The number of nitrogens with zero attached hydrogens (tertiary/aromatic N) is 1. The molecule has 24 heavy (non-hydrogen) atoms. The van der Waals surface area contributed by atoms with E-state index in [1.807, 2.05) is 30.5 Å². The Balaban J connectivity index is 1.94. The van der Waals surface area contributed by atoms with Crippen LogP contribution in [0.1, 0.15) is 24.6 Å². The van der Waals surface area contributed by atoms with E-state index in [9.17, 15) is 9.82 Å². The number of rotatable bonds is 8. The summed E-state index contributed by atoms with van der Waals surface area (Å²) in [7, 11) is -1.10.